The van der Waals surface area contributed by atoms with Crippen LogP contribution in [-0.2, 0) is 4.79 Å². The Balaban J connectivity index is 1.04. The molecule has 3 fully saturated rings. The van der Waals surface area contributed by atoms with E-state index in [1.54, 1.807) is 41.9 Å². The van der Waals surface area contributed by atoms with Crippen molar-refractivity contribution >= 4 is 39.9 Å². The van der Waals surface area contributed by atoms with Gasteiger partial charge in [0.2, 0.25) is 5.91 Å². The van der Waals surface area contributed by atoms with Crippen LogP contribution in [0.3, 0.4) is 0 Å². The summed E-state index contributed by atoms with van der Waals surface area (Å²) in [5, 5.41) is 7.21. The van der Waals surface area contributed by atoms with Crippen LogP contribution in [0.25, 0.3) is 16.7 Å². The fourth-order valence-electron chi connectivity index (χ4n) is 6.23. The number of pyridine rings is 2. The number of hydrogen-bond acceptors (Lipinski definition) is 9. The fourth-order valence-corrected chi connectivity index (χ4v) is 6.23. The minimum Gasteiger partial charge on any atom is -0.457 e. The molecule has 5 aromatic rings. The molecule has 3 aliphatic rings. The molecule has 12 heteroatoms. The SMILES string of the molecule is Cc1c(Oc2ccn3ncnc3c2)ccc(Nc2ncnc3ccc(N4CCN(C(=O)C56CC5C6)C(C)(C)C4)nc23)c1F. The lowest BCUT2D eigenvalue weighted by Crippen LogP contribution is -2.62. The summed E-state index contributed by atoms with van der Waals surface area (Å²) >= 11 is 0. The van der Waals surface area contributed by atoms with E-state index in [1.165, 1.54) is 12.7 Å². The van der Waals surface area contributed by atoms with Crippen molar-refractivity contribution in [1.82, 2.24) is 34.4 Å². The van der Waals surface area contributed by atoms with Gasteiger partial charge in [-0.3, -0.25) is 4.79 Å². The van der Waals surface area contributed by atoms with Crippen LogP contribution in [0.1, 0.15) is 32.3 Å². The highest BCUT2D eigenvalue weighted by atomic mass is 19.1. The number of carbonyl (C=O) groups excluding carboxylic acids is 1. The van der Waals surface area contributed by atoms with Crippen LogP contribution in [0.4, 0.5) is 21.7 Å². The number of rotatable bonds is 6. The van der Waals surface area contributed by atoms with Gasteiger partial charge in [-0.2, -0.15) is 5.10 Å². The summed E-state index contributed by atoms with van der Waals surface area (Å²) in [4.78, 5) is 35.3. The number of halogens is 1. The average Bonchev–Trinajstić information content (AvgIpc) is 3.83. The van der Waals surface area contributed by atoms with E-state index in [4.69, 9.17) is 9.72 Å². The average molecular weight is 580 g/mol. The zero-order valence-corrected chi connectivity index (χ0v) is 24.1. The van der Waals surface area contributed by atoms with E-state index in [2.05, 4.69) is 49.0 Å². The van der Waals surface area contributed by atoms with Gasteiger partial charge in [0.25, 0.3) is 0 Å². The van der Waals surface area contributed by atoms with Crippen LogP contribution in [-0.4, -0.2) is 65.5 Å². The number of amides is 1. The molecule has 4 aromatic heterocycles. The van der Waals surface area contributed by atoms with Crippen LogP contribution in [0.2, 0.25) is 0 Å². The third-order valence-corrected chi connectivity index (χ3v) is 9.12. The van der Waals surface area contributed by atoms with Gasteiger partial charge in [0, 0.05) is 37.5 Å². The second-order valence-electron chi connectivity index (χ2n) is 12.4. The first kappa shape index (κ1) is 25.8. The molecule has 0 spiro atoms. The van der Waals surface area contributed by atoms with Crippen molar-refractivity contribution in [3.63, 3.8) is 0 Å². The first-order valence-electron chi connectivity index (χ1n) is 14.4. The van der Waals surface area contributed by atoms with Gasteiger partial charge >= 0.3 is 0 Å². The highest BCUT2D eigenvalue weighted by Gasteiger charge is 2.75. The topological polar surface area (TPSA) is 114 Å². The number of nitrogens with zero attached hydrogens (tertiary/aromatic N) is 8. The van der Waals surface area contributed by atoms with Crippen LogP contribution >= 0.6 is 0 Å². The summed E-state index contributed by atoms with van der Waals surface area (Å²) in [5.41, 5.74) is 2.03. The number of hydrogen-bond donors (Lipinski definition) is 1. The minimum atomic E-state index is -0.459. The number of nitrogens with one attached hydrogen (secondary N) is 1. The second-order valence-corrected chi connectivity index (χ2v) is 12.4. The first-order chi connectivity index (χ1) is 20.7. The summed E-state index contributed by atoms with van der Waals surface area (Å²) in [5.74, 6) is 2.56. The minimum absolute atomic E-state index is 0.0388. The molecule has 1 aliphatic heterocycles. The molecule has 11 nitrogen and oxygen atoms in total. The Morgan fingerprint density at radius 3 is 2.70 bits per heavy atom. The molecule has 2 aliphatic carbocycles. The van der Waals surface area contributed by atoms with Gasteiger partial charge in [0.1, 0.15) is 35.5 Å². The van der Waals surface area contributed by atoms with Crippen LogP contribution in [0.5, 0.6) is 11.5 Å². The fraction of sp³-hybridized carbons (Fsp3) is 0.355. The Bertz CT molecular complexity index is 1930. The Morgan fingerprint density at radius 1 is 1.07 bits per heavy atom. The van der Waals surface area contributed by atoms with E-state index in [1.807, 2.05) is 12.1 Å². The lowest BCUT2D eigenvalue weighted by atomic mass is 9.96. The number of anilines is 3. The molecule has 0 unspecified atom stereocenters. The van der Waals surface area contributed by atoms with E-state index in [-0.39, 0.29) is 16.6 Å². The molecular formula is C31H30FN9O2. The first-order valence-corrected chi connectivity index (χ1v) is 14.4. The number of benzene rings is 1. The maximum absolute atomic E-state index is 15.6. The van der Waals surface area contributed by atoms with Crippen molar-refractivity contribution in [2.75, 3.05) is 29.9 Å². The van der Waals surface area contributed by atoms with Crippen LogP contribution in [0, 0.1) is 24.1 Å². The van der Waals surface area contributed by atoms with Gasteiger partial charge in [-0.25, -0.2) is 28.8 Å². The summed E-state index contributed by atoms with van der Waals surface area (Å²) in [6.07, 6.45) is 6.74. The summed E-state index contributed by atoms with van der Waals surface area (Å²) < 4.78 is 23.2. The van der Waals surface area contributed by atoms with Crippen molar-refractivity contribution < 1.29 is 13.9 Å². The smallest absolute Gasteiger partial charge is 0.229 e. The van der Waals surface area contributed by atoms with Crippen LogP contribution < -0.4 is 15.0 Å². The van der Waals surface area contributed by atoms with Gasteiger partial charge in [-0.15, -0.1) is 0 Å². The van der Waals surface area contributed by atoms with Gasteiger partial charge in [0.05, 0.1) is 22.2 Å². The summed E-state index contributed by atoms with van der Waals surface area (Å²) in [6.45, 7) is 7.91. The molecule has 43 heavy (non-hydrogen) atoms. The molecule has 0 radical (unpaired) electrons. The number of piperazine rings is 1. The van der Waals surface area contributed by atoms with Crippen molar-refractivity contribution in [1.29, 1.82) is 0 Å². The molecule has 1 N–H and O–H groups in total. The van der Waals surface area contributed by atoms with Gasteiger partial charge in [0.15, 0.2) is 17.3 Å². The monoisotopic (exact) mass is 579 g/mol. The molecule has 5 heterocycles. The van der Waals surface area contributed by atoms with E-state index >= 15 is 4.39 Å². The maximum atomic E-state index is 15.6. The Kier molecular flexibility index (Phi) is 5.44. The van der Waals surface area contributed by atoms with E-state index < -0.39 is 5.82 Å². The Labute approximate surface area is 246 Å². The number of ether oxygens (including phenoxy) is 1. The second kappa shape index (κ2) is 9.06. The Hall–Kier alpha value is -4.87. The highest BCUT2D eigenvalue weighted by Crippen LogP contribution is 2.76. The largest absolute Gasteiger partial charge is 0.457 e. The zero-order chi connectivity index (χ0) is 29.5. The number of aromatic nitrogens is 6. The molecule has 1 saturated heterocycles. The van der Waals surface area contributed by atoms with Crippen molar-refractivity contribution in [3.05, 3.63) is 66.6 Å². The molecule has 218 valence electrons. The molecule has 8 rings (SSSR count). The van der Waals surface area contributed by atoms with Gasteiger partial charge in [-0.1, -0.05) is 0 Å². The summed E-state index contributed by atoms with van der Waals surface area (Å²) in [7, 11) is 0. The maximum Gasteiger partial charge on any atom is 0.229 e. The Morgan fingerprint density at radius 2 is 1.91 bits per heavy atom. The molecule has 1 aromatic carbocycles. The number of fused-ring (bicyclic) bond motifs is 3. The quantitative estimate of drug-likeness (QED) is 0.300. The lowest BCUT2D eigenvalue weighted by molar-refractivity contribution is -0.140. The van der Waals surface area contributed by atoms with Gasteiger partial charge < -0.3 is 19.9 Å². The third kappa shape index (κ3) is 4.23. The normalized spacial score (nSPS) is 22.0. The molecule has 0 bridgehead atoms. The third-order valence-electron chi connectivity index (χ3n) is 9.12. The van der Waals surface area contributed by atoms with Crippen molar-refractivity contribution in [2.45, 2.75) is 39.2 Å². The molecule has 1 amide bonds. The molecule has 2 saturated carbocycles. The highest BCUT2D eigenvalue weighted by molar-refractivity contribution is 5.91. The molecule has 0 atom stereocenters. The van der Waals surface area contributed by atoms with E-state index in [0.29, 0.717) is 71.0 Å². The predicted octanol–water partition coefficient (Wildman–Crippen LogP) is 4.89. The van der Waals surface area contributed by atoms with E-state index in [0.717, 1.165) is 18.7 Å². The van der Waals surface area contributed by atoms with Gasteiger partial charge in [-0.05, 0) is 69.9 Å². The van der Waals surface area contributed by atoms with Crippen molar-refractivity contribution in [2.24, 2.45) is 11.3 Å². The number of carbonyl (C=O) groups is 1. The lowest BCUT2D eigenvalue weighted by Gasteiger charge is -2.48. The predicted molar refractivity (Wildman–Crippen MR) is 158 cm³/mol. The zero-order valence-electron chi connectivity index (χ0n) is 24.1. The van der Waals surface area contributed by atoms with E-state index in [9.17, 15) is 4.79 Å². The molecular weight excluding hydrogens is 549 g/mol. The summed E-state index contributed by atoms with van der Waals surface area (Å²) in [6, 6.07) is 10.7. The standard InChI is InChI=1S/C31H30FN9O2/c1-18-23(43-20-8-9-41-25(12-20)34-17-36-41)6-4-21(26(18)32)37-28-27-22(33-16-35-28)5-7-24(38-27)39-10-11-40(30(2,3)15-39)29(42)31-13-19(31)14-31/h4-9,12,16-17,19H,10-11,13-15H2,1-3H3,(H,33,35,37). The van der Waals surface area contributed by atoms with Crippen molar-refractivity contribution in [3.8, 4) is 11.5 Å². The van der Waals surface area contributed by atoms with Crippen LogP contribution in [0.15, 0.2) is 55.2 Å².